The molecule has 0 aromatic heterocycles. The molecule has 0 aliphatic rings. The summed E-state index contributed by atoms with van der Waals surface area (Å²) in [5, 5.41) is 4.19. The monoisotopic (exact) mass is 351 g/mol. The molecule has 0 saturated heterocycles. The van der Waals surface area contributed by atoms with Crippen molar-refractivity contribution in [2.45, 2.75) is 25.9 Å². The molecule has 0 aliphatic heterocycles. The van der Waals surface area contributed by atoms with Gasteiger partial charge in [0.25, 0.3) is 5.91 Å². The number of hydrogen-bond donors (Lipinski definition) is 1. The normalized spacial score (nSPS) is 11.8. The number of ether oxygens (including phenoxy) is 1. The van der Waals surface area contributed by atoms with E-state index in [-0.39, 0.29) is 5.91 Å². The second kappa shape index (κ2) is 8.80. The molecule has 2 aromatic rings. The SMILES string of the molecule is CC(Oc1cccc(Cl)c1)C(=O)NCCCc1ccc(Cl)cc1. The van der Waals surface area contributed by atoms with Crippen molar-refractivity contribution in [3.05, 3.63) is 64.1 Å². The molecule has 5 heteroatoms. The van der Waals surface area contributed by atoms with Crippen molar-refractivity contribution in [3.8, 4) is 5.75 Å². The third kappa shape index (κ3) is 6.12. The molecular weight excluding hydrogens is 333 g/mol. The summed E-state index contributed by atoms with van der Waals surface area (Å²) in [4.78, 5) is 12.0. The third-order valence-corrected chi connectivity index (χ3v) is 3.82. The lowest BCUT2D eigenvalue weighted by Crippen LogP contribution is -2.36. The highest BCUT2D eigenvalue weighted by Gasteiger charge is 2.13. The van der Waals surface area contributed by atoms with Crippen LogP contribution in [0.5, 0.6) is 5.75 Å². The molecule has 1 atom stereocenters. The predicted octanol–water partition coefficient (Wildman–Crippen LogP) is 4.51. The van der Waals surface area contributed by atoms with Gasteiger partial charge in [-0.25, -0.2) is 0 Å². The molecule has 1 unspecified atom stereocenters. The van der Waals surface area contributed by atoms with Gasteiger partial charge >= 0.3 is 0 Å². The van der Waals surface area contributed by atoms with Crippen LogP contribution < -0.4 is 10.1 Å². The number of halogens is 2. The zero-order valence-electron chi connectivity index (χ0n) is 12.9. The molecule has 0 saturated carbocycles. The van der Waals surface area contributed by atoms with Gasteiger partial charge in [0.15, 0.2) is 6.10 Å². The lowest BCUT2D eigenvalue weighted by atomic mass is 10.1. The first-order valence-electron chi connectivity index (χ1n) is 7.49. The molecule has 0 aliphatic carbocycles. The van der Waals surface area contributed by atoms with E-state index in [1.165, 1.54) is 5.56 Å². The van der Waals surface area contributed by atoms with Crippen LogP contribution in [0.3, 0.4) is 0 Å². The second-order valence-electron chi connectivity index (χ2n) is 5.24. The summed E-state index contributed by atoms with van der Waals surface area (Å²) in [7, 11) is 0. The van der Waals surface area contributed by atoms with Crippen LogP contribution in [0.4, 0.5) is 0 Å². The third-order valence-electron chi connectivity index (χ3n) is 3.33. The maximum Gasteiger partial charge on any atom is 0.260 e. The molecule has 0 heterocycles. The van der Waals surface area contributed by atoms with Crippen molar-refractivity contribution in [3.63, 3.8) is 0 Å². The highest BCUT2D eigenvalue weighted by molar-refractivity contribution is 6.30. The molecule has 2 aromatic carbocycles. The summed E-state index contributed by atoms with van der Waals surface area (Å²) < 4.78 is 5.57. The Morgan fingerprint density at radius 2 is 1.87 bits per heavy atom. The number of carbonyl (C=O) groups excluding carboxylic acids is 1. The van der Waals surface area contributed by atoms with Gasteiger partial charge in [-0.05, 0) is 55.7 Å². The smallest absolute Gasteiger partial charge is 0.260 e. The Hall–Kier alpha value is -1.71. The van der Waals surface area contributed by atoms with E-state index in [0.29, 0.717) is 17.3 Å². The number of hydrogen-bond acceptors (Lipinski definition) is 2. The Morgan fingerprint density at radius 1 is 1.13 bits per heavy atom. The molecule has 1 N–H and O–H groups in total. The van der Waals surface area contributed by atoms with Gasteiger partial charge in [-0.1, -0.05) is 41.4 Å². The van der Waals surface area contributed by atoms with Crippen LogP contribution in [0.2, 0.25) is 10.0 Å². The zero-order chi connectivity index (χ0) is 16.7. The quantitative estimate of drug-likeness (QED) is 0.745. The number of rotatable bonds is 7. The average Bonchev–Trinajstić information content (AvgIpc) is 2.53. The van der Waals surface area contributed by atoms with Crippen molar-refractivity contribution in [2.75, 3.05) is 6.54 Å². The highest BCUT2D eigenvalue weighted by Crippen LogP contribution is 2.18. The van der Waals surface area contributed by atoms with E-state index in [2.05, 4.69) is 5.32 Å². The summed E-state index contributed by atoms with van der Waals surface area (Å²) in [6.07, 6.45) is 1.18. The number of nitrogens with one attached hydrogen (secondary N) is 1. The Balaban J connectivity index is 1.70. The summed E-state index contributed by atoms with van der Waals surface area (Å²) in [6, 6.07) is 14.7. The van der Waals surface area contributed by atoms with Crippen LogP contribution in [0.25, 0.3) is 0 Å². The molecule has 0 fully saturated rings. The molecule has 2 rings (SSSR count). The maximum absolute atomic E-state index is 12.0. The predicted molar refractivity (Wildman–Crippen MR) is 94.3 cm³/mol. The first-order valence-corrected chi connectivity index (χ1v) is 8.24. The van der Waals surface area contributed by atoms with Gasteiger partial charge < -0.3 is 10.1 Å². The van der Waals surface area contributed by atoms with E-state index in [4.69, 9.17) is 27.9 Å². The topological polar surface area (TPSA) is 38.3 Å². The van der Waals surface area contributed by atoms with E-state index in [0.717, 1.165) is 17.9 Å². The van der Waals surface area contributed by atoms with Crippen LogP contribution in [0.15, 0.2) is 48.5 Å². The molecule has 3 nitrogen and oxygen atoms in total. The summed E-state index contributed by atoms with van der Waals surface area (Å²) in [5.74, 6) is 0.447. The van der Waals surface area contributed by atoms with Gasteiger partial charge in [-0.3, -0.25) is 4.79 Å². The van der Waals surface area contributed by atoms with Crippen molar-refractivity contribution < 1.29 is 9.53 Å². The Labute approximate surface area is 146 Å². The van der Waals surface area contributed by atoms with Crippen molar-refractivity contribution in [1.82, 2.24) is 5.32 Å². The van der Waals surface area contributed by atoms with Gasteiger partial charge in [0.2, 0.25) is 0 Å². The fraction of sp³-hybridized carbons (Fsp3) is 0.278. The fourth-order valence-electron chi connectivity index (χ4n) is 2.10. The van der Waals surface area contributed by atoms with Crippen molar-refractivity contribution in [1.29, 1.82) is 0 Å². The van der Waals surface area contributed by atoms with Crippen molar-refractivity contribution >= 4 is 29.1 Å². The van der Waals surface area contributed by atoms with Gasteiger partial charge in [-0.15, -0.1) is 0 Å². The highest BCUT2D eigenvalue weighted by atomic mass is 35.5. The van der Waals surface area contributed by atoms with E-state index >= 15 is 0 Å². The number of amides is 1. The molecule has 0 spiro atoms. The minimum absolute atomic E-state index is 0.138. The van der Waals surface area contributed by atoms with Gasteiger partial charge in [-0.2, -0.15) is 0 Å². The molecule has 0 bridgehead atoms. The van der Waals surface area contributed by atoms with Crippen LogP contribution in [0, 0.1) is 0 Å². The minimum atomic E-state index is -0.566. The number of benzene rings is 2. The second-order valence-corrected chi connectivity index (χ2v) is 6.11. The van der Waals surface area contributed by atoms with Crippen molar-refractivity contribution in [2.24, 2.45) is 0 Å². The zero-order valence-corrected chi connectivity index (χ0v) is 14.4. The van der Waals surface area contributed by atoms with Crippen LogP contribution in [0.1, 0.15) is 18.9 Å². The van der Waals surface area contributed by atoms with E-state index in [1.54, 1.807) is 31.2 Å². The molecular formula is C18H19Cl2NO2. The molecule has 0 radical (unpaired) electrons. The Kier molecular flexibility index (Phi) is 6.75. The van der Waals surface area contributed by atoms with E-state index in [1.807, 2.05) is 24.3 Å². The minimum Gasteiger partial charge on any atom is -0.481 e. The first kappa shape index (κ1) is 17.6. The standard InChI is InChI=1S/C18H19Cl2NO2/c1-13(23-17-6-2-5-16(20)12-17)18(22)21-11-3-4-14-7-9-15(19)10-8-14/h2,5-10,12-13H,3-4,11H2,1H3,(H,21,22). The van der Waals surface area contributed by atoms with Crippen LogP contribution in [-0.4, -0.2) is 18.6 Å². The molecule has 1 amide bonds. The fourth-order valence-corrected chi connectivity index (χ4v) is 2.40. The van der Waals surface area contributed by atoms with Gasteiger partial charge in [0.1, 0.15) is 5.75 Å². The van der Waals surface area contributed by atoms with E-state index in [9.17, 15) is 4.79 Å². The molecule has 122 valence electrons. The van der Waals surface area contributed by atoms with Gasteiger partial charge in [0, 0.05) is 16.6 Å². The lowest BCUT2D eigenvalue weighted by molar-refractivity contribution is -0.127. The maximum atomic E-state index is 12.0. The average molecular weight is 352 g/mol. The Bertz CT molecular complexity index is 644. The first-order chi connectivity index (χ1) is 11.0. The lowest BCUT2D eigenvalue weighted by Gasteiger charge is -2.14. The van der Waals surface area contributed by atoms with E-state index < -0.39 is 6.10 Å². The Morgan fingerprint density at radius 3 is 2.57 bits per heavy atom. The number of carbonyl (C=O) groups is 1. The summed E-state index contributed by atoms with van der Waals surface area (Å²) in [5.41, 5.74) is 1.20. The largest absolute Gasteiger partial charge is 0.481 e. The molecule has 23 heavy (non-hydrogen) atoms. The van der Waals surface area contributed by atoms with Crippen LogP contribution in [-0.2, 0) is 11.2 Å². The summed E-state index contributed by atoms with van der Waals surface area (Å²) in [6.45, 7) is 2.32. The summed E-state index contributed by atoms with van der Waals surface area (Å²) >= 11 is 11.7. The number of aryl methyl sites for hydroxylation is 1. The van der Waals surface area contributed by atoms with Gasteiger partial charge in [0.05, 0.1) is 0 Å². The van der Waals surface area contributed by atoms with Crippen LogP contribution >= 0.6 is 23.2 Å².